The Hall–Kier alpha value is -0.960. The van der Waals surface area contributed by atoms with E-state index in [2.05, 4.69) is 6.92 Å². The molecule has 0 atom stereocenters. The minimum absolute atomic E-state index is 0.417. The topological polar surface area (TPSA) is 20.2 Å². The van der Waals surface area contributed by atoms with Crippen LogP contribution in [0.5, 0.6) is 0 Å². The van der Waals surface area contributed by atoms with Crippen molar-refractivity contribution in [2.24, 2.45) is 5.92 Å². The summed E-state index contributed by atoms with van der Waals surface area (Å²) in [5.41, 5.74) is -0.0676. The third kappa shape index (κ3) is 3.08. The Labute approximate surface area is 107 Å². The van der Waals surface area contributed by atoms with Crippen LogP contribution in [-0.4, -0.2) is 10.7 Å². The molecule has 1 aliphatic carbocycles. The van der Waals surface area contributed by atoms with Crippen LogP contribution in [0.3, 0.4) is 0 Å². The number of hydrogen-bond acceptors (Lipinski definition) is 1. The van der Waals surface area contributed by atoms with E-state index in [1.165, 1.54) is 6.07 Å². The smallest absolute Gasteiger partial charge is 0.159 e. The fourth-order valence-corrected chi connectivity index (χ4v) is 2.83. The minimum atomic E-state index is -0.835. The first-order valence-electron chi connectivity index (χ1n) is 6.69. The predicted molar refractivity (Wildman–Crippen MR) is 67.3 cm³/mol. The van der Waals surface area contributed by atoms with E-state index < -0.39 is 17.2 Å². The van der Waals surface area contributed by atoms with Gasteiger partial charge in [-0.2, -0.15) is 0 Å². The van der Waals surface area contributed by atoms with Gasteiger partial charge >= 0.3 is 0 Å². The van der Waals surface area contributed by atoms with Crippen molar-refractivity contribution < 1.29 is 13.9 Å². The summed E-state index contributed by atoms with van der Waals surface area (Å²) in [6.45, 7) is 2.17. The molecule has 0 amide bonds. The Morgan fingerprint density at radius 3 is 2.44 bits per heavy atom. The van der Waals surface area contributed by atoms with E-state index in [0.29, 0.717) is 17.9 Å². The van der Waals surface area contributed by atoms with Crippen molar-refractivity contribution in [1.82, 2.24) is 0 Å². The average molecular weight is 254 g/mol. The van der Waals surface area contributed by atoms with Gasteiger partial charge in [0.25, 0.3) is 0 Å². The molecule has 1 nitrogen and oxygen atoms in total. The van der Waals surface area contributed by atoms with Gasteiger partial charge in [-0.05, 0) is 49.3 Å². The molecule has 0 aliphatic heterocycles. The van der Waals surface area contributed by atoms with Gasteiger partial charge in [0.05, 0.1) is 5.60 Å². The van der Waals surface area contributed by atoms with Crippen molar-refractivity contribution in [3.8, 4) is 0 Å². The van der Waals surface area contributed by atoms with E-state index in [-0.39, 0.29) is 0 Å². The van der Waals surface area contributed by atoms with Crippen LogP contribution in [0.1, 0.15) is 44.6 Å². The minimum Gasteiger partial charge on any atom is -0.390 e. The molecular formula is C15H20F2O. The second-order valence-electron chi connectivity index (χ2n) is 5.50. The molecule has 18 heavy (non-hydrogen) atoms. The van der Waals surface area contributed by atoms with Gasteiger partial charge in [0, 0.05) is 6.42 Å². The molecule has 0 radical (unpaired) electrons. The zero-order valence-electron chi connectivity index (χ0n) is 10.8. The van der Waals surface area contributed by atoms with Crippen LogP contribution in [0.4, 0.5) is 8.78 Å². The SMILES string of the molecule is CCC1CCC(O)(Cc2ccc(F)c(F)c2)CC1. The summed E-state index contributed by atoms with van der Waals surface area (Å²) in [5.74, 6) is -0.964. The maximum Gasteiger partial charge on any atom is 0.159 e. The molecule has 1 fully saturated rings. The Morgan fingerprint density at radius 2 is 1.89 bits per heavy atom. The van der Waals surface area contributed by atoms with Crippen LogP contribution in [-0.2, 0) is 6.42 Å². The number of hydrogen-bond donors (Lipinski definition) is 1. The van der Waals surface area contributed by atoms with Gasteiger partial charge in [0.2, 0.25) is 0 Å². The molecule has 3 heteroatoms. The van der Waals surface area contributed by atoms with Gasteiger partial charge in [-0.3, -0.25) is 0 Å². The molecular weight excluding hydrogens is 234 g/mol. The van der Waals surface area contributed by atoms with E-state index in [1.54, 1.807) is 6.07 Å². The van der Waals surface area contributed by atoms with Crippen LogP contribution >= 0.6 is 0 Å². The van der Waals surface area contributed by atoms with Crippen molar-refractivity contribution in [3.63, 3.8) is 0 Å². The lowest BCUT2D eigenvalue weighted by molar-refractivity contribution is -0.00927. The van der Waals surface area contributed by atoms with Crippen molar-refractivity contribution in [2.75, 3.05) is 0 Å². The first-order valence-corrected chi connectivity index (χ1v) is 6.69. The highest BCUT2D eigenvalue weighted by molar-refractivity contribution is 5.20. The fraction of sp³-hybridized carbons (Fsp3) is 0.600. The molecule has 1 aromatic carbocycles. The Kier molecular flexibility index (Phi) is 4.00. The van der Waals surface area contributed by atoms with Gasteiger partial charge in [-0.1, -0.05) is 19.4 Å². The highest BCUT2D eigenvalue weighted by Crippen LogP contribution is 2.35. The molecule has 1 aliphatic rings. The summed E-state index contributed by atoms with van der Waals surface area (Å²) in [5, 5.41) is 10.5. The van der Waals surface area contributed by atoms with E-state index in [0.717, 1.165) is 38.2 Å². The summed E-state index contributed by atoms with van der Waals surface area (Å²) in [6, 6.07) is 3.88. The van der Waals surface area contributed by atoms with Crippen molar-refractivity contribution in [3.05, 3.63) is 35.4 Å². The second kappa shape index (κ2) is 5.35. The summed E-state index contributed by atoms with van der Waals surface area (Å²) in [7, 11) is 0. The van der Waals surface area contributed by atoms with Crippen LogP contribution < -0.4 is 0 Å². The quantitative estimate of drug-likeness (QED) is 0.869. The maximum absolute atomic E-state index is 13.1. The number of halogens is 2. The zero-order valence-corrected chi connectivity index (χ0v) is 10.8. The average Bonchev–Trinajstić information content (AvgIpc) is 2.35. The Bertz CT molecular complexity index is 409. The van der Waals surface area contributed by atoms with Gasteiger partial charge in [-0.25, -0.2) is 8.78 Å². The Morgan fingerprint density at radius 1 is 1.22 bits per heavy atom. The highest BCUT2D eigenvalue weighted by atomic mass is 19.2. The lowest BCUT2D eigenvalue weighted by Gasteiger charge is -2.36. The van der Waals surface area contributed by atoms with Crippen LogP contribution in [0.25, 0.3) is 0 Å². The molecule has 100 valence electrons. The number of benzene rings is 1. The van der Waals surface area contributed by atoms with E-state index in [9.17, 15) is 13.9 Å². The highest BCUT2D eigenvalue weighted by Gasteiger charge is 2.32. The largest absolute Gasteiger partial charge is 0.390 e. The lowest BCUT2D eigenvalue weighted by atomic mass is 9.75. The standard InChI is InChI=1S/C15H20F2O/c1-2-11-5-7-15(18,8-6-11)10-12-3-4-13(16)14(17)9-12/h3-4,9,11,18H,2,5-8,10H2,1H3. The lowest BCUT2D eigenvalue weighted by Crippen LogP contribution is -2.36. The molecule has 2 rings (SSSR count). The second-order valence-corrected chi connectivity index (χ2v) is 5.50. The fourth-order valence-electron chi connectivity index (χ4n) is 2.83. The molecule has 0 aromatic heterocycles. The monoisotopic (exact) mass is 254 g/mol. The molecule has 0 saturated heterocycles. The third-order valence-corrected chi connectivity index (χ3v) is 4.13. The van der Waals surface area contributed by atoms with E-state index in [4.69, 9.17) is 0 Å². The summed E-state index contributed by atoms with van der Waals surface area (Å²) >= 11 is 0. The molecule has 1 saturated carbocycles. The van der Waals surface area contributed by atoms with Crippen LogP contribution in [0.15, 0.2) is 18.2 Å². The van der Waals surface area contributed by atoms with Crippen molar-refractivity contribution >= 4 is 0 Å². The third-order valence-electron chi connectivity index (χ3n) is 4.13. The number of aliphatic hydroxyl groups is 1. The molecule has 1 N–H and O–H groups in total. The maximum atomic E-state index is 13.1. The summed E-state index contributed by atoms with van der Waals surface area (Å²) in [4.78, 5) is 0. The van der Waals surface area contributed by atoms with Gasteiger partial charge in [-0.15, -0.1) is 0 Å². The molecule has 0 heterocycles. The molecule has 0 unspecified atom stereocenters. The van der Waals surface area contributed by atoms with Gasteiger partial charge < -0.3 is 5.11 Å². The normalized spacial score (nSPS) is 28.3. The zero-order chi connectivity index (χ0) is 13.2. The summed E-state index contributed by atoms with van der Waals surface area (Å²) < 4.78 is 26.0. The van der Waals surface area contributed by atoms with Crippen molar-refractivity contribution in [2.45, 2.75) is 51.0 Å². The molecule has 1 aromatic rings. The van der Waals surface area contributed by atoms with E-state index in [1.807, 2.05) is 0 Å². The molecule has 0 spiro atoms. The van der Waals surface area contributed by atoms with Gasteiger partial charge in [0.1, 0.15) is 0 Å². The first kappa shape index (κ1) is 13.5. The van der Waals surface area contributed by atoms with Crippen LogP contribution in [0.2, 0.25) is 0 Å². The summed E-state index contributed by atoms with van der Waals surface area (Å²) in [6.07, 6.45) is 5.13. The van der Waals surface area contributed by atoms with E-state index >= 15 is 0 Å². The Balaban J connectivity index is 2.02. The van der Waals surface area contributed by atoms with Crippen molar-refractivity contribution in [1.29, 1.82) is 0 Å². The predicted octanol–water partition coefficient (Wildman–Crippen LogP) is 3.84. The van der Waals surface area contributed by atoms with Gasteiger partial charge in [0.15, 0.2) is 11.6 Å². The first-order chi connectivity index (χ1) is 8.52. The van der Waals surface area contributed by atoms with Crippen LogP contribution in [0, 0.1) is 17.6 Å². The number of rotatable bonds is 3. The molecule has 0 bridgehead atoms.